The number of rotatable bonds is 0. The number of aromatic nitrogens is 1. The Balaban J connectivity index is 2.98. The van der Waals surface area contributed by atoms with Crippen LogP contribution in [0.4, 0.5) is 0 Å². The van der Waals surface area contributed by atoms with Crippen molar-refractivity contribution in [1.82, 2.24) is 4.07 Å². The average molecular weight is 180 g/mol. The second kappa shape index (κ2) is 2.35. The van der Waals surface area contributed by atoms with Gasteiger partial charge in [0, 0.05) is 0 Å². The Hall–Kier alpha value is -1.29. The summed E-state index contributed by atoms with van der Waals surface area (Å²) in [7, 11) is 0. The van der Waals surface area contributed by atoms with E-state index in [1.165, 1.54) is 11.5 Å². The predicted octanol–water partition coefficient (Wildman–Crippen LogP) is 1.09. The van der Waals surface area contributed by atoms with Gasteiger partial charge in [-0.05, 0) is 30.6 Å². The van der Waals surface area contributed by atoms with Crippen LogP contribution in [0.5, 0.6) is 0 Å². The smallest absolute Gasteiger partial charge is 0.287 e. The summed E-state index contributed by atoms with van der Waals surface area (Å²) >= 11 is 1.27. The zero-order valence-electron chi connectivity index (χ0n) is 6.57. The van der Waals surface area contributed by atoms with Gasteiger partial charge in [-0.3, -0.25) is 4.79 Å². The van der Waals surface area contributed by atoms with Crippen LogP contribution in [0.3, 0.4) is 0 Å². The van der Waals surface area contributed by atoms with Gasteiger partial charge in [-0.25, -0.2) is 0 Å². The van der Waals surface area contributed by atoms with Crippen molar-refractivity contribution in [1.29, 1.82) is 0 Å². The molecule has 1 heterocycles. The summed E-state index contributed by atoms with van der Waals surface area (Å²) in [6.07, 6.45) is 0. The fraction of sp³-hybridized carbons (Fsp3) is 0.125. The number of benzene rings is 1. The lowest BCUT2D eigenvalue weighted by Crippen LogP contribution is -2.20. The Bertz CT molecular complexity index is 483. The SMILES string of the molecule is Cc1ccc2sn(N)c(=O)c2c1. The number of nitrogen functional groups attached to an aromatic ring is 1. The van der Waals surface area contributed by atoms with E-state index < -0.39 is 0 Å². The van der Waals surface area contributed by atoms with E-state index in [4.69, 9.17) is 5.84 Å². The number of fused-ring (bicyclic) bond motifs is 1. The molecule has 62 valence electrons. The van der Waals surface area contributed by atoms with Crippen molar-refractivity contribution in [2.75, 3.05) is 5.84 Å². The van der Waals surface area contributed by atoms with Crippen LogP contribution in [-0.2, 0) is 0 Å². The van der Waals surface area contributed by atoms with Crippen LogP contribution in [-0.4, -0.2) is 4.07 Å². The van der Waals surface area contributed by atoms with Crippen molar-refractivity contribution < 1.29 is 0 Å². The minimum Gasteiger partial charge on any atom is -0.327 e. The van der Waals surface area contributed by atoms with Gasteiger partial charge >= 0.3 is 0 Å². The summed E-state index contributed by atoms with van der Waals surface area (Å²) < 4.78 is 2.09. The van der Waals surface area contributed by atoms with E-state index >= 15 is 0 Å². The van der Waals surface area contributed by atoms with Gasteiger partial charge in [0.25, 0.3) is 5.56 Å². The standard InChI is InChI=1S/C8H8N2OS/c1-5-2-3-7-6(4-5)8(11)10(9)12-7/h2-4H,9H2,1H3. The topological polar surface area (TPSA) is 48.0 Å². The molecule has 0 saturated heterocycles. The summed E-state index contributed by atoms with van der Waals surface area (Å²) in [5, 5.41) is 0.711. The summed E-state index contributed by atoms with van der Waals surface area (Å²) in [6, 6.07) is 5.75. The Labute approximate surface area is 73.2 Å². The van der Waals surface area contributed by atoms with Crippen LogP contribution in [0.1, 0.15) is 5.56 Å². The normalized spacial score (nSPS) is 10.8. The fourth-order valence-corrected chi connectivity index (χ4v) is 1.92. The van der Waals surface area contributed by atoms with Crippen LogP contribution < -0.4 is 11.4 Å². The van der Waals surface area contributed by atoms with Gasteiger partial charge in [0.1, 0.15) is 0 Å². The molecule has 0 fully saturated rings. The minimum absolute atomic E-state index is 0.112. The average Bonchev–Trinajstić information content (AvgIpc) is 2.31. The van der Waals surface area contributed by atoms with Crippen LogP contribution in [0.2, 0.25) is 0 Å². The number of nitrogens with two attached hydrogens (primary N) is 1. The van der Waals surface area contributed by atoms with Crippen LogP contribution in [0.25, 0.3) is 10.1 Å². The molecule has 0 atom stereocenters. The van der Waals surface area contributed by atoms with Gasteiger partial charge in [0.15, 0.2) is 0 Å². The maximum Gasteiger partial charge on any atom is 0.287 e. The second-order valence-electron chi connectivity index (χ2n) is 2.72. The molecule has 12 heavy (non-hydrogen) atoms. The molecule has 2 aromatic rings. The Morgan fingerprint density at radius 1 is 1.50 bits per heavy atom. The summed E-state index contributed by atoms with van der Waals surface area (Å²) in [5.74, 6) is 5.43. The first-order chi connectivity index (χ1) is 5.68. The fourth-order valence-electron chi connectivity index (χ4n) is 1.16. The number of aryl methyl sites for hydroxylation is 1. The molecular formula is C8H8N2OS. The molecule has 0 amide bonds. The lowest BCUT2D eigenvalue weighted by Gasteiger charge is -1.88. The molecule has 2 N–H and O–H groups in total. The molecule has 3 nitrogen and oxygen atoms in total. The third-order valence-electron chi connectivity index (χ3n) is 1.76. The van der Waals surface area contributed by atoms with Crippen molar-refractivity contribution >= 4 is 21.6 Å². The third-order valence-corrected chi connectivity index (χ3v) is 2.68. The highest BCUT2D eigenvalue weighted by Crippen LogP contribution is 2.15. The van der Waals surface area contributed by atoms with Crippen LogP contribution >= 0.6 is 11.5 Å². The van der Waals surface area contributed by atoms with Crippen molar-refractivity contribution in [3.05, 3.63) is 34.1 Å². The first-order valence-electron chi connectivity index (χ1n) is 3.56. The predicted molar refractivity (Wildman–Crippen MR) is 51.0 cm³/mol. The van der Waals surface area contributed by atoms with E-state index in [9.17, 15) is 4.79 Å². The largest absolute Gasteiger partial charge is 0.327 e. The van der Waals surface area contributed by atoms with Crippen molar-refractivity contribution in [2.24, 2.45) is 0 Å². The van der Waals surface area contributed by atoms with Crippen molar-refractivity contribution in [3.63, 3.8) is 0 Å². The number of hydrogen-bond donors (Lipinski definition) is 1. The van der Waals surface area contributed by atoms with Gasteiger partial charge in [-0.1, -0.05) is 11.6 Å². The molecule has 0 aliphatic carbocycles. The minimum atomic E-state index is -0.112. The zero-order valence-corrected chi connectivity index (χ0v) is 7.39. The van der Waals surface area contributed by atoms with Crippen molar-refractivity contribution in [2.45, 2.75) is 6.92 Å². The maximum absolute atomic E-state index is 11.3. The lowest BCUT2D eigenvalue weighted by molar-refractivity contribution is 1.09. The van der Waals surface area contributed by atoms with Gasteiger partial charge in [0.2, 0.25) is 0 Å². The highest BCUT2D eigenvalue weighted by molar-refractivity contribution is 7.13. The van der Waals surface area contributed by atoms with Crippen LogP contribution in [0, 0.1) is 6.92 Å². The summed E-state index contributed by atoms with van der Waals surface area (Å²) in [4.78, 5) is 11.3. The molecule has 0 saturated carbocycles. The van der Waals surface area contributed by atoms with E-state index in [0.717, 1.165) is 14.3 Å². The quantitative estimate of drug-likeness (QED) is 0.617. The Morgan fingerprint density at radius 3 is 3.00 bits per heavy atom. The third kappa shape index (κ3) is 0.921. The first-order valence-corrected chi connectivity index (χ1v) is 4.33. The molecule has 2 rings (SSSR count). The second-order valence-corrected chi connectivity index (χ2v) is 3.74. The van der Waals surface area contributed by atoms with Gasteiger partial charge in [-0.2, -0.15) is 4.07 Å². The van der Waals surface area contributed by atoms with E-state index in [1.54, 1.807) is 0 Å². The van der Waals surface area contributed by atoms with Crippen molar-refractivity contribution in [3.8, 4) is 0 Å². The zero-order chi connectivity index (χ0) is 8.72. The molecule has 1 aromatic carbocycles. The molecule has 0 bridgehead atoms. The van der Waals surface area contributed by atoms with Crippen LogP contribution in [0.15, 0.2) is 23.0 Å². The summed E-state index contributed by atoms with van der Waals surface area (Å²) in [5.41, 5.74) is 0.969. The van der Waals surface area contributed by atoms with Gasteiger partial charge in [-0.15, -0.1) is 0 Å². The highest BCUT2D eigenvalue weighted by Gasteiger charge is 2.03. The van der Waals surface area contributed by atoms with Gasteiger partial charge < -0.3 is 5.84 Å². The molecule has 0 unspecified atom stereocenters. The summed E-state index contributed by atoms with van der Waals surface area (Å²) in [6.45, 7) is 1.96. The van der Waals surface area contributed by atoms with E-state index in [1.807, 2.05) is 25.1 Å². The maximum atomic E-state index is 11.3. The molecule has 0 radical (unpaired) electrons. The molecule has 0 spiro atoms. The molecular weight excluding hydrogens is 172 g/mol. The van der Waals surface area contributed by atoms with E-state index in [-0.39, 0.29) is 5.56 Å². The van der Waals surface area contributed by atoms with E-state index in [0.29, 0.717) is 5.39 Å². The van der Waals surface area contributed by atoms with E-state index in [2.05, 4.69) is 0 Å². The first kappa shape index (κ1) is 7.36. The number of hydrogen-bond acceptors (Lipinski definition) is 3. The monoisotopic (exact) mass is 180 g/mol. The molecule has 1 aromatic heterocycles. The Kier molecular flexibility index (Phi) is 1.44. The van der Waals surface area contributed by atoms with Gasteiger partial charge in [0.05, 0.1) is 10.1 Å². The Morgan fingerprint density at radius 2 is 2.25 bits per heavy atom. The lowest BCUT2D eigenvalue weighted by atomic mass is 10.2. The number of nitrogens with zero attached hydrogens (tertiary/aromatic N) is 1. The molecule has 0 aliphatic heterocycles. The molecule has 4 heteroatoms. The highest BCUT2D eigenvalue weighted by atomic mass is 32.1. The molecule has 0 aliphatic rings.